The molecule has 2 nitrogen and oxygen atoms in total. The largest absolute Gasteiger partial charge is 0.492 e. The summed E-state index contributed by atoms with van der Waals surface area (Å²) in [5.41, 5.74) is 6.21. The number of hydrogen-bond acceptors (Lipinski definition) is 2. The minimum atomic E-state index is 0.0642. The molecule has 0 fully saturated rings. The average Bonchev–Trinajstić information content (AvgIpc) is 2.74. The van der Waals surface area contributed by atoms with Crippen molar-refractivity contribution < 1.29 is 9.53 Å². The maximum atomic E-state index is 11.1. The lowest BCUT2D eigenvalue weighted by Gasteiger charge is -2.14. The quantitative estimate of drug-likeness (QED) is 0.729. The monoisotopic (exact) mass is 230 g/mol. The molecule has 0 saturated carbocycles. The molecule has 0 aliphatic carbocycles. The van der Waals surface area contributed by atoms with Crippen LogP contribution in [-0.4, -0.2) is 12.4 Å². The van der Waals surface area contributed by atoms with Gasteiger partial charge in [-0.3, -0.25) is 4.79 Å². The Balaban J connectivity index is 2.63. The lowest BCUT2D eigenvalue weighted by Crippen LogP contribution is -1.97. The van der Waals surface area contributed by atoms with E-state index in [1.807, 2.05) is 6.08 Å². The second-order valence-corrected chi connectivity index (χ2v) is 4.64. The van der Waals surface area contributed by atoms with E-state index in [-0.39, 0.29) is 5.78 Å². The van der Waals surface area contributed by atoms with Crippen LogP contribution < -0.4 is 4.74 Å². The summed E-state index contributed by atoms with van der Waals surface area (Å²) in [7, 11) is 0. The molecule has 1 aliphatic heterocycles. The van der Waals surface area contributed by atoms with Crippen LogP contribution in [0.25, 0.3) is 6.08 Å². The van der Waals surface area contributed by atoms with Gasteiger partial charge in [-0.1, -0.05) is 0 Å². The standard InChI is InChI=1S/C15H18O2/c1-9(16)5-6-13-11(3)10(2)12(4)14-7-8-17-15(13)14/h5-6H,7-8H2,1-4H3/b6-5+. The number of rotatable bonds is 2. The highest BCUT2D eigenvalue weighted by Gasteiger charge is 2.21. The molecular formula is C15H18O2. The second-order valence-electron chi connectivity index (χ2n) is 4.64. The summed E-state index contributed by atoms with van der Waals surface area (Å²) in [4.78, 5) is 11.1. The van der Waals surface area contributed by atoms with Crippen molar-refractivity contribution >= 4 is 11.9 Å². The fourth-order valence-corrected chi connectivity index (χ4v) is 2.34. The zero-order valence-electron chi connectivity index (χ0n) is 10.9. The van der Waals surface area contributed by atoms with Gasteiger partial charge in [-0.25, -0.2) is 0 Å². The van der Waals surface area contributed by atoms with Gasteiger partial charge in [0, 0.05) is 17.5 Å². The van der Waals surface area contributed by atoms with Crippen LogP contribution in [0.3, 0.4) is 0 Å². The summed E-state index contributed by atoms with van der Waals surface area (Å²) >= 11 is 0. The number of ether oxygens (including phenoxy) is 1. The van der Waals surface area contributed by atoms with Crippen molar-refractivity contribution in [3.63, 3.8) is 0 Å². The molecule has 0 N–H and O–H groups in total. The zero-order valence-corrected chi connectivity index (χ0v) is 10.9. The average molecular weight is 230 g/mol. The minimum absolute atomic E-state index is 0.0642. The molecule has 0 aromatic heterocycles. The van der Waals surface area contributed by atoms with Crippen molar-refractivity contribution in [1.29, 1.82) is 0 Å². The van der Waals surface area contributed by atoms with E-state index in [1.165, 1.54) is 22.3 Å². The number of benzene rings is 1. The summed E-state index contributed by atoms with van der Waals surface area (Å²) in [6.45, 7) is 8.68. The molecule has 1 aliphatic rings. The summed E-state index contributed by atoms with van der Waals surface area (Å²) < 4.78 is 5.72. The normalized spacial score (nSPS) is 13.9. The van der Waals surface area contributed by atoms with Gasteiger partial charge in [0.2, 0.25) is 0 Å². The maximum absolute atomic E-state index is 11.1. The van der Waals surface area contributed by atoms with Crippen LogP contribution in [0.2, 0.25) is 0 Å². The molecule has 1 aromatic rings. The number of fused-ring (bicyclic) bond motifs is 1. The molecule has 2 heteroatoms. The van der Waals surface area contributed by atoms with Crippen LogP contribution in [0, 0.1) is 20.8 Å². The van der Waals surface area contributed by atoms with Crippen LogP contribution in [-0.2, 0) is 11.2 Å². The topological polar surface area (TPSA) is 26.3 Å². The lowest BCUT2D eigenvalue weighted by molar-refractivity contribution is -0.112. The highest BCUT2D eigenvalue weighted by atomic mass is 16.5. The Kier molecular flexibility index (Phi) is 3.05. The Morgan fingerprint density at radius 1 is 1.18 bits per heavy atom. The van der Waals surface area contributed by atoms with E-state index in [4.69, 9.17) is 4.74 Å². The SMILES string of the molecule is CC(=O)/C=C/c1c(C)c(C)c(C)c2c1OCC2. The van der Waals surface area contributed by atoms with Gasteiger partial charge in [0.1, 0.15) is 5.75 Å². The summed E-state index contributed by atoms with van der Waals surface area (Å²) in [6.07, 6.45) is 4.47. The molecule has 0 amide bonds. The maximum Gasteiger partial charge on any atom is 0.152 e. The molecule has 0 saturated heterocycles. The molecule has 2 rings (SSSR count). The second kappa shape index (κ2) is 4.36. The molecule has 90 valence electrons. The number of hydrogen-bond donors (Lipinski definition) is 0. The smallest absolute Gasteiger partial charge is 0.152 e. The molecule has 1 aromatic carbocycles. The van der Waals surface area contributed by atoms with Crippen LogP contribution in [0.5, 0.6) is 5.75 Å². The summed E-state index contributed by atoms with van der Waals surface area (Å²) in [5, 5.41) is 0. The van der Waals surface area contributed by atoms with Crippen molar-refractivity contribution in [2.24, 2.45) is 0 Å². The highest BCUT2D eigenvalue weighted by molar-refractivity contribution is 5.92. The van der Waals surface area contributed by atoms with Gasteiger partial charge in [-0.15, -0.1) is 0 Å². The number of ketones is 1. The fourth-order valence-electron chi connectivity index (χ4n) is 2.34. The van der Waals surface area contributed by atoms with Gasteiger partial charge in [0.15, 0.2) is 5.78 Å². The predicted octanol–water partition coefficient (Wildman–Crippen LogP) is 3.15. The van der Waals surface area contributed by atoms with Crippen LogP contribution in [0.4, 0.5) is 0 Å². The van der Waals surface area contributed by atoms with Crippen molar-refractivity contribution in [2.45, 2.75) is 34.1 Å². The Morgan fingerprint density at radius 2 is 1.88 bits per heavy atom. The van der Waals surface area contributed by atoms with E-state index in [0.717, 1.165) is 24.3 Å². The first-order valence-corrected chi connectivity index (χ1v) is 5.96. The van der Waals surface area contributed by atoms with Crippen molar-refractivity contribution in [3.05, 3.63) is 33.9 Å². The fraction of sp³-hybridized carbons (Fsp3) is 0.400. The third kappa shape index (κ3) is 1.99. The predicted molar refractivity (Wildman–Crippen MR) is 69.6 cm³/mol. The van der Waals surface area contributed by atoms with Crippen LogP contribution in [0.15, 0.2) is 6.08 Å². The Labute approximate surface area is 102 Å². The van der Waals surface area contributed by atoms with Crippen LogP contribution in [0.1, 0.15) is 34.7 Å². The molecule has 0 bridgehead atoms. The number of allylic oxidation sites excluding steroid dienone is 1. The lowest BCUT2D eigenvalue weighted by atomic mass is 9.92. The molecule has 0 unspecified atom stereocenters. The third-order valence-electron chi connectivity index (χ3n) is 3.58. The van der Waals surface area contributed by atoms with Crippen molar-refractivity contribution in [1.82, 2.24) is 0 Å². The molecule has 0 radical (unpaired) electrons. The van der Waals surface area contributed by atoms with Gasteiger partial charge in [-0.2, -0.15) is 0 Å². The molecular weight excluding hydrogens is 212 g/mol. The molecule has 0 spiro atoms. The Hall–Kier alpha value is -1.57. The first-order chi connectivity index (χ1) is 8.02. The Bertz CT molecular complexity index is 510. The van der Waals surface area contributed by atoms with Gasteiger partial charge in [0.25, 0.3) is 0 Å². The first kappa shape index (κ1) is 11.9. The molecule has 17 heavy (non-hydrogen) atoms. The van der Waals surface area contributed by atoms with Gasteiger partial charge in [-0.05, 0) is 56.5 Å². The van der Waals surface area contributed by atoms with E-state index in [1.54, 1.807) is 13.0 Å². The Morgan fingerprint density at radius 3 is 2.53 bits per heavy atom. The van der Waals surface area contributed by atoms with E-state index in [2.05, 4.69) is 20.8 Å². The first-order valence-electron chi connectivity index (χ1n) is 5.96. The summed E-state index contributed by atoms with van der Waals surface area (Å²) in [5.74, 6) is 1.04. The zero-order chi connectivity index (χ0) is 12.6. The summed E-state index contributed by atoms with van der Waals surface area (Å²) in [6, 6.07) is 0. The van der Waals surface area contributed by atoms with Crippen molar-refractivity contribution in [2.75, 3.05) is 6.61 Å². The van der Waals surface area contributed by atoms with Gasteiger partial charge in [0.05, 0.1) is 6.61 Å². The highest BCUT2D eigenvalue weighted by Crippen LogP contribution is 2.37. The molecule has 0 atom stereocenters. The van der Waals surface area contributed by atoms with Gasteiger partial charge < -0.3 is 4.74 Å². The van der Waals surface area contributed by atoms with E-state index < -0.39 is 0 Å². The third-order valence-corrected chi connectivity index (χ3v) is 3.58. The van der Waals surface area contributed by atoms with E-state index in [9.17, 15) is 4.79 Å². The van der Waals surface area contributed by atoms with E-state index in [0.29, 0.717) is 0 Å². The minimum Gasteiger partial charge on any atom is -0.492 e. The number of carbonyl (C=O) groups excluding carboxylic acids is 1. The van der Waals surface area contributed by atoms with Gasteiger partial charge >= 0.3 is 0 Å². The number of carbonyl (C=O) groups is 1. The van der Waals surface area contributed by atoms with E-state index >= 15 is 0 Å². The molecule has 1 heterocycles. The van der Waals surface area contributed by atoms with Crippen molar-refractivity contribution in [3.8, 4) is 5.75 Å². The van der Waals surface area contributed by atoms with Crippen LogP contribution >= 0.6 is 0 Å².